The largest absolute Gasteiger partial charge is 0.474 e. The van der Waals surface area contributed by atoms with Crippen molar-refractivity contribution in [1.29, 1.82) is 0 Å². The average Bonchev–Trinajstić information content (AvgIpc) is 2.55. The number of nitrogens with one attached hydrogen (secondary N) is 2. The first-order valence-electron chi connectivity index (χ1n) is 7.26. The standard InChI is InChI=1S/C17H16ClFN2O3/c1-2-20-17(23)21-16(22)15(11-6-4-3-5-7-11)24-14-9-8-12(19)10-13(14)18/h3-10,15H,2H2,1H3,(H2,20,21,22,23)/t15-/m1/s1. The number of amides is 3. The summed E-state index contributed by atoms with van der Waals surface area (Å²) in [5, 5.41) is 4.69. The van der Waals surface area contributed by atoms with Gasteiger partial charge in [0, 0.05) is 12.1 Å². The van der Waals surface area contributed by atoms with Crippen molar-refractivity contribution in [2.24, 2.45) is 0 Å². The molecule has 7 heteroatoms. The zero-order valence-corrected chi connectivity index (χ0v) is 13.6. The Labute approximate surface area is 143 Å². The molecular weight excluding hydrogens is 335 g/mol. The molecule has 2 rings (SSSR count). The van der Waals surface area contributed by atoms with Crippen LogP contribution in [-0.4, -0.2) is 18.5 Å². The lowest BCUT2D eigenvalue weighted by Gasteiger charge is -2.19. The van der Waals surface area contributed by atoms with Crippen LogP contribution in [0.5, 0.6) is 5.75 Å². The third-order valence-corrected chi connectivity index (χ3v) is 3.35. The molecule has 24 heavy (non-hydrogen) atoms. The fraction of sp³-hybridized carbons (Fsp3) is 0.176. The van der Waals surface area contributed by atoms with Gasteiger partial charge in [-0.2, -0.15) is 0 Å². The van der Waals surface area contributed by atoms with Gasteiger partial charge in [0.05, 0.1) is 5.02 Å². The van der Waals surface area contributed by atoms with Gasteiger partial charge in [0.25, 0.3) is 5.91 Å². The smallest absolute Gasteiger partial charge is 0.321 e. The lowest BCUT2D eigenvalue weighted by molar-refractivity contribution is -0.127. The number of ether oxygens (including phenoxy) is 1. The average molecular weight is 351 g/mol. The van der Waals surface area contributed by atoms with Gasteiger partial charge in [0.15, 0.2) is 0 Å². The Morgan fingerprint density at radius 1 is 1.21 bits per heavy atom. The van der Waals surface area contributed by atoms with Gasteiger partial charge in [0.2, 0.25) is 6.10 Å². The third kappa shape index (κ3) is 4.70. The van der Waals surface area contributed by atoms with E-state index < -0.39 is 23.9 Å². The molecule has 0 aliphatic carbocycles. The predicted molar refractivity (Wildman–Crippen MR) is 88.4 cm³/mol. The lowest BCUT2D eigenvalue weighted by Crippen LogP contribution is -2.42. The maximum absolute atomic E-state index is 13.2. The first-order chi connectivity index (χ1) is 11.5. The molecule has 0 aromatic heterocycles. The van der Waals surface area contributed by atoms with Gasteiger partial charge in [-0.25, -0.2) is 9.18 Å². The van der Waals surface area contributed by atoms with Crippen molar-refractivity contribution in [1.82, 2.24) is 10.6 Å². The van der Waals surface area contributed by atoms with Gasteiger partial charge in [-0.3, -0.25) is 10.1 Å². The van der Waals surface area contributed by atoms with E-state index in [0.717, 1.165) is 6.07 Å². The number of halogens is 2. The molecule has 0 saturated carbocycles. The van der Waals surface area contributed by atoms with Crippen LogP contribution in [0.1, 0.15) is 18.6 Å². The summed E-state index contributed by atoms with van der Waals surface area (Å²) in [6.45, 7) is 2.10. The van der Waals surface area contributed by atoms with E-state index in [4.69, 9.17) is 16.3 Å². The van der Waals surface area contributed by atoms with E-state index >= 15 is 0 Å². The molecule has 0 fully saturated rings. The summed E-state index contributed by atoms with van der Waals surface area (Å²) in [7, 11) is 0. The van der Waals surface area contributed by atoms with Crippen LogP contribution in [0.4, 0.5) is 9.18 Å². The van der Waals surface area contributed by atoms with Crippen LogP contribution in [0.3, 0.4) is 0 Å². The Kier molecular flexibility index (Phi) is 6.14. The van der Waals surface area contributed by atoms with Crippen molar-refractivity contribution in [3.05, 3.63) is 64.9 Å². The van der Waals surface area contributed by atoms with Crippen molar-refractivity contribution >= 4 is 23.5 Å². The summed E-state index contributed by atoms with van der Waals surface area (Å²) in [6.07, 6.45) is -1.11. The normalized spacial score (nSPS) is 11.5. The summed E-state index contributed by atoms with van der Waals surface area (Å²) >= 11 is 5.95. The van der Waals surface area contributed by atoms with Crippen molar-refractivity contribution in [3.63, 3.8) is 0 Å². The molecule has 2 aromatic rings. The van der Waals surface area contributed by atoms with E-state index in [2.05, 4.69) is 10.6 Å². The van der Waals surface area contributed by atoms with Crippen LogP contribution in [0.25, 0.3) is 0 Å². The molecule has 0 bridgehead atoms. The second-order valence-corrected chi connectivity index (χ2v) is 5.24. The van der Waals surface area contributed by atoms with Gasteiger partial charge in [-0.05, 0) is 25.1 Å². The highest BCUT2D eigenvalue weighted by molar-refractivity contribution is 6.32. The van der Waals surface area contributed by atoms with E-state index in [0.29, 0.717) is 12.1 Å². The summed E-state index contributed by atoms with van der Waals surface area (Å²) in [6, 6.07) is 11.6. The van der Waals surface area contributed by atoms with Crippen LogP contribution in [-0.2, 0) is 4.79 Å². The van der Waals surface area contributed by atoms with E-state index in [1.54, 1.807) is 37.3 Å². The Hall–Kier alpha value is -2.60. The number of carbonyl (C=O) groups excluding carboxylic acids is 2. The molecule has 0 radical (unpaired) electrons. The number of carbonyl (C=O) groups is 2. The second-order valence-electron chi connectivity index (χ2n) is 4.83. The molecule has 126 valence electrons. The first kappa shape index (κ1) is 17.7. The SMILES string of the molecule is CCNC(=O)NC(=O)[C@H](Oc1ccc(F)cc1Cl)c1ccccc1. The zero-order valence-electron chi connectivity index (χ0n) is 12.9. The Bertz CT molecular complexity index is 725. The summed E-state index contributed by atoms with van der Waals surface area (Å²) in [5.41, 5.74) is 0.527. The Morgan fingerprint density at radius 2 is 1.92 bits per heavy atom. The second kappa shape index (κ2) is 8.31. The van der Waals surface area contributed by atoms with E-state index in [1.165, 1.54) is 12.1 Å². The van der Waals surface area contributed by atoms with Gasteiger partial charge < -0.3 is 10.1 Å². The molecular formula is C17H16ClFN2O3. The van der Waals surface area contributed by atoms with Gasteiger partial charge >= 0.3 is 6.03 Å². The quantitative estimate of drug-likeness (QED) is 0.868. The molecule has 3 amide bonds. The topological polar surface area (TPSA) is 67.4 Å². The highest BCUT2D eigenvalue weighted by Gasteiger charge is 2.25. The number of benzene rings is 2. The highest BCUT2D eigenvalue weighted by atomic mass is 35.5. The first-order valence-corrected chi connectivity index (χ1v) is 7.64. The fourth-order valence-corrected chi connectivity index (χ4v) is 2.19. The van der Waals surface area contributed by atoms with Gasteiger partial charge in [0.1, 0.15) is 11.6 Å². The fourth-order valence-electron chi connectivity index (χ4n) is 1.98. The zero-order chi connectivity index (χ0) is 17.5. The molecule has 2 aromatic carbocycles. The minimum Gasteiger partial charge on any atom is -0.474 e. The number of urea groups is 1. The maximum Gasteiger partial charge on any atom is 0.321 e. The van der Waals surface area contributed by atoms with Gasteiger partial charge in [-0.1, -0.05) is 41.9 Å². The maximum atomic E-state index is 13.2. The summed E-state index contributed by atoms with van der Waals surface area (Å²) in [5.74, 6) is -1.04. The number of imide groups is 1. The Balaban J connectivity index is 2.26. The van der Waals surface area contributed by atoms with Crippen molar-refractivity contribution in [2.45, 2.75) is 13.0 Å². The van der Waals surface area contributed by atoms with E-state index in [1.807, 2.05) is 0 Å². The number of hydrogen-bond donors (Lipinski definition) is 2. The molecule has 0 aliphatic rings. The summed E-state index contributed by atoms with van der Waals surface area (Å²) < 4.78 is 18.8. The van der Waals surface area contributed by atoms with Crippen LogP contribution in [0.2, 0.25) is 5.02 Å². The molecule has 5 nitrogen and oxygen atoms in total. The number of hydrogen-bond acceptors (Lipinski definition) is 3. The molecule has 0 saturated heterocycles. The monoisotopic (exact) mass is 350 g/mol. The van der Waals surface area contributed by atoms with Gasteiger partial charge in [-0.15, -0.1) is 0 Å². The molecule has 2 N–H and O–H groups in total. The summed E-state index contributed by atoms with van der Waals surface area (Å²) in [4.78, 5) is 24.0. The van der Waals surface area contributed by atoms with Crippen molar-refractivity contribution in [2.75, 3.05) is 6.54 Å². The lowest BCUT2D eigenvalue weighted by atomic mass is 10.1. The molecule has 1 atom stereocenters. The number of rotatable bonds is 5. The van der Waals surface area contributed by atoms with E-state index in [-0.39, 0.29) is 10.8 Å². The molecule has 0 spiro atoms. The van der Waals surface area contributed by atoms with Crippen molar-refractivity contribution in [3.8, 4) is 5.75 Å². The van der Waals surface area contributed by atoms with Crippen molar-refractivity contribution < 1.29 is 18.7 Å². The van der Waals surface area contributed by atoms with Crippen LogP contribution in [0.15, 0.2) is 48.5 Å². The molecule has 0 heterocycles. The minimum absolute atomic E-state index is 0.0294. The van der Waals surface area contributed by atoms with Crippen LogP contribution >= 0.6 is 11.6 Å². The minimum atomic E-state index is -1.11. The van der Waals surface area contributed by atoms with Crippen LogP contribution in [0, 0.1) is 5.82 Å². The third-order valence-electron chi connectivity index (χ3n) is 3.05. The van der Waals surface area contributed by atoms with E-state index in [9.17, 15) is 14.0 Å². The van der Waals surface area contributed by atoms with Crippen LogP contribution < -0.4 is 15.4 Å². The molecule has 0 aliphatic heterocycles. The highest BCUT2D eigenvalue weighted by Crippen LogP contribution is 2.29. The predicted octanol–water partition coefficient (Wildman–Crippen LogP) is 3.44. The Morgan fingerprint density at radius 3 is 2.54 bits per heavy atom. The molecule has 0 unspecified atom stereocenters.